The molecule has 0 fully saturated rings. The van der Waals surface area contributed by atoms with E-state index in [0.29, 0.717) is 19.6 Å². The Morgan fingerprint density at radius 3 is 2.04 bits per heavy atom. The van der Waals surface area contributed by atoms with Gasteiger partial charge in [0.05, 0.1) is 13.2 Å². The van der Waals surface area contributed by atoms with Gasteiger partial charge in [0.1, 0.15) is 6.04 Å². The van der Waals surface area contributed by atoms with Gasteiger partial charge in [-0.15, -0.1) is 0 Å². The van der Waals surface area contributed by atoms with Crippen LogP contribution in [0, 0.1) is 5.92 Å². The number of amides is 1. The summed E-state index contributed by atoms with van der Waals surface area (Å²) < 4.78 is 10.6. The number of likely N-dealkylation sites (N-methyl/N-ethyl adjacent to an activating group) is 1. The zero-order valence-electron chi connectivity index (χ0n) is 16.3. The quantitative estimate of drug-likeness (QED) is 0.356. The fraction of sp³-hybridized carbons (Fsp3) is 0.895. The van der Waals surface area contributed by atoms with Gasteiger partial charge in [-0.2, -0.15) is 0 Å². The molecule has 0 aromatic rings. The number of unbranched alkanes of at least 4 members (excludes halogenated alkanes) is 5. The standard InChI is InChI=1S/C19H37NO4/c1-6-8-10-11-12-14-23-18(21)17(15-16(3)4)20(5)19(22)24-13-9-7-2/h16-17H,6-15H2,1-5H3. The molecule has 0 aliphatic rings. The second-order valence-corrected chi connectivity index (χ2v) is 6.81. The summed E-state index contributed by atoms with van der Waals surface area (Å²) in [5, 5.41) is 0. The van der Waals surface area contributed by atoms with E-state index >= 15 is 0 Å². The van der Waals surface area contributed by atoms with Gasteiger partial charge in [-0.05, 0) is 25.2 Å². The third-order valence-electron chi connectivity index (χ3n) is 3.94. The molecule has 0 N–H and O–H groups in total. The number of carbonyl (C=O) groups excluding carboxylic acids is 2. The highest BCUT2D eigenvalue weighted by molar-refractivity contribution is 5.81. The number of hydrogen-bond acceptors (Lipinski definition) is 4. The van der Waals surface area contributed by atoms with E-state index in [-0.39, 0.29) is 11.9 Å². The van der Waals surface area contributed by atoms with E-state index < -0.39 is 12.1 Å². The Bertz CT molecular complexity index is 344. The summed E-state index contributed by atoms with van der Waals surface area (Å²) in [4.78, 5) is 25.8. The molecule has 24 heavy (non-hydrogen) atoms. The first-order valence-corrected chi connectivity index (χ1v) is 9.50. The summed E-state index contributed by atoms with van der Waals surface area (Å²) in [5.41, 5.74) is 0. The van der Waals surface area contributed by atoms with Crippen molar-refractivity contribution in [2.45, 2.75) is 85.1 Å². The second kappa shape index (κ2) is 14.1. The van der Waals surface area contributed by atoms with Gasteiger partial charge in [-0.25, -0.2) is 9.59 Å². The smallest absolute Gasteiger partial charge is 0.410 e. The molecule has 1 amide bonds. The summed E-state index contributed by atoms with van der Waals surface area (Å²) in [5.74, 6) is -0.0351. The van der Waals surface area contributed by atoms with E-state index in [4.69, 9.17) is 9.47 Å². The number of esters is 1. The number of ether oxygens (including phenoxy) is 2. The molecule has 0 radical (unpaired) electrons. The second-order valence-electron chi connectivity index (χ2n) is 6.81. The molecular formula is C19H37NO4. The zero-order chi connectivity index (χ0) is 18.4. The van der Waals surface area contributed by atoms with Crippen LogP contribution in [-0.4, -0.2) is 43.3 Å². The lowest BCUT2D eigenvalue weighted by molar-refractivity contribution is -0.149. The summed E-state index contributed by atoms with van der Waals surface area (Å²) in [7, 11) is 1.61. The lowest BCUT2D eigenvalue weighted by Gasteiger charge is -2.27. The predicted molar refractivity (Wildman–Crippen MR) is 97.0 cm³/mol. The van der Waals surface area contributed by atoms with E-state index in [1.807, 2.05) is 20.8 Å². The summed E-state index contributed by atoms with van der Waals surface area (Å²) >= 11 is 0. The maximum atomic E-state index is 12.4. The van der Waals surface area contributed by atoms with E-state index in [1.165, 1.54) is 24.2 Å². The average Bonchev–Trinajstić information content (AvgIpc) is 2.54. The molecule has 1 unspecified atom stereocenters. The van der Waals surface area contributed by atoms with Crippen LogP contribution in [0.2, 0.25) is 0 Å². The Balaban J connectivity index is 4.40. The van der Waals surface area contributed by atoms with Crippen molar-refractivity contribution >= 4 is 12.1 Å². The number of hydrogen-bond donors (Lipinski definition) is 0. The van der Waals surface area contributed by atoms with E-state index in [9.17, 15) is 9.59 Å². The molecule has 0 aliphatic carbocycles. The van der Waals surface area contributed by atoms with Crippen molar-refractivity contribution in [2.24, 2.45) is 5.92 Å². The first kappa shape index (κ1) is 22.7. The van der Waals surface area contributed by atoms with Gasteiger partial charge in [0.15, 0.2) is 0 Å². The summed E-state index contributed by atoms with van der Waals surface area (Å²) in [6, 6.07) is -0.574. The SMILES string of the molecule is CCCCCCCOC(=O)C(CC(C)C)N(C)C(=O)OCCCC. The molecule has 1 atom stereocenters. The van der Waals surface area contributed by atoms with Gasteiger partial charge in [0.2, 0.25) is 0 Å². The molecule has 0 aliphatic heterocycles. The van der Waals surface area contributed by atoms with E-state index in [2.05, 4.69) is 6.92 Å². The van der Waals surface area contributed by atoms with Crippen LogP contribution in [0.15, 0.2) is 0 Å². The minimum atomic E-state index is -0.574. The van der Waals surface area contributed by atoms with Crippen molar-refractivity contribution in [3.63, 3.8) is 0 Å². The first-order chi connectivity index (χ1) is 11.4. The molecule has 5 nitrogen and oxygen atoms in total. The van der Waals surface area contributed by atoms with Crippen LogP contribution >= 0.6 is 0 Å². The number of nitrogens with zero attached hydrogens (tertiary/aromatic N) is 1. The van der Waals surface area contributed by atoms with Gasteiger partial charge >= 0.3 is 12.1 Å². The van der Waals surface area contributed by atoms with Crippen LogP contribution in [0.25, 0.3) is 0 Å². The highest BCUT2D eigenvalue weighted by Gasteiger charge is 2.29. The van der Waals surface area contributed by atoms with Crippen LogP contribution < -0.4 is 0 Å². The van der Waals surface area contributed by atoms with Crippen molar-refractivity contribution in [3.8, 4) is 0 Å². The normalized spacial score (nSPS) is 12.1. The van der Waals surface area contributed by atoms with Crippen LogP contribution in [-0.2, 0) is 14.3 Å². The number of carbonyl (C=O) groups is 2. The van der Waals surface area contributed by atoms with Crippen LogP contribution in [0.4, 0.5) is 4.79 Å². The summed E-state index contributed by atoms with van der Waals surface area (Å²) in [6.45, 7) is 9.09. The van der Waals surface area contributed by atoms with Gasteiger partial charge in [0.25, 0.3) is 0 Å². The van der Waals surface area contributed by atoms with Gasteiger partial charge in [-0.1, -0.05) is 59.8 Å². The highest BCUT2D eigenvalue weighted by atomic mass is 16.6. The van der Waals surface area contributed by atoms with Crippen LogP contribution in [0.3, 0.4) is 0 Å². The fourth-order valence-electron chi connectivity index (χ4n) is 2.37. The molecule has 0 aromatic heterocycles. The third-order valence-corrected chi connectivity index (χ3v) is 3.94. The van der Waals surface area contributed by atoms with Crippen molar-refractivity contribution < 1.29 is 19.1 Å². The molecule has 0 aromatic carbocycles. The van der Waals surface area contributed by atoms with Crippen LogP contribution in [0.1, 0.15) is 79.1 Å². The molecule has 0 saturated carbocycles. The Hall–Kier alpha value is -1.26. The molecule has 0 bridgehead atoms. The monoisotopic (exact) mass is 343 g/mol. The maximum absolute atomic E-state index is 12.4. The largest absolute Gasteiger partial charge is 0.464 e. The maximum Gasteiger partial charge on any atom is 0.410 e. The molecule has 142 valence electrons. The average molecular weight is 344 g/mol. The Kier molecular flexibility index (Phi) is 13.4. The molecule has 0 rings (SSSR count). The van der Waals surface area contributed by atoms with Gasteiger partial charge in [-0.3, -0.25) is 4.90 Å². The van der Waals surface area contributed by atoms with Gasteiger partial charge < -0.3 is 9.47 Å². The zero-order valence-corrected chi connectivity index (χ0v) is 16.3. The molecule has 0 saturated heterocycles. The Labute approximate surface area is 148 Å². The van der Waals surface area contributed by atoms with E-state index in [1.54, 1.807) is 7.05 Å². The van der Waals surface area contributed by atoms with Crippen molar-refractivity contribution in [3.05, 3.63) is 0 Å². The lowest BCUT2D eigenvalue weighted by Crippen LogP contribution is -2.44. The van der Waals surface area contributed by atoms with Crippen molar-refractivity contribution in [1.29, 1.82) is 0 Å². The predicted octanol–water partition coefficient (Wildman–Crippen LogP) is 4.78. The molecule has 0 spiro atoms. The van der Waals surface area contributed by atoms with Gasteiger partial charge in [0, 0.05) is 7.05 Å². The number of rotatable bonds is 13. The van der Waals surface area contributed by atoms with E-state index in [0.717, 1.165) is 25.7 Å². The topological polar surface area (TPSA) is 55.8 Å². The molecular weight excluding hydrogens is 306 g/mol. The first-order valence-electron chi connectivity index (χ1n) is 9.50. The third kappa shape index (κ3) is 10.5. The Morgan fingerprint density at radius 1 is 0.875 bits per heavy atom. The van der Waals surface area contributed by atoms with Crippen molar-refractivity contribution in [1.82, 2.24) is 4.90 Å². The fourth-order valence-corrected chi connectivity index (χ4v) is 2.37. The highest BCUT2D eigenvalue weighted by Crippen LogP contribution is 2.14. The van der Waals surface area contributed by atoms with Crippen molar-refractivity contribution in [2.75, 3.05) is 20.3 Å². The minimum absolute atomic E-state index is 0.290. The molecule has 5 heteroatoms. The Morgan fingerprint density at radius 2 is 1.46 bits per heavy atom. The molecule has 0 heterocycles. The minimum Gasteiger partial charge on any atom is -0.464 e. The lowest BCUT2D eigenvalue weighted by atomic mass is 10.0. The summed E-state index contributed by atoms with van der Waals surface area (Å²) in [6.07, 6.45) is 7.46. The van der Waals surface area contributed by atoms with Crippen LogP contribution in [0.5, 0.6) is 0 Å².